The largest absolute Gasteiger partial charge is 0.459 e. The molecule has 6 heteroatoms. The van der Waals surface area contributed by atoms with Gasteiger partial charge in [-0.2, -0.15) is 0 Å². The predicted octanol–water partition coefficient (Wildman–Crippen LogP) is 3.13. The second-order valence-electron chi connectivity index (χ2n) is 9.15. The van der Waals surface area contributed by atoms with Crippen LogP contribution in [0.2, 0.25) is 0 Å². The van der Waals surface area contributed by atoms with Gasteiger partial charge in [0.2, 0.25) is 0 Å². The van der Waals surface area contributed by atoms with Crippen molar-refractivity contribution in [1.82, 2.24) is 5.32 Å². The van der Waals surface area contributed by atoms with E-state index in [1.54, 1.807) is 6.92 Å². The maximum atomic E-state index is 12.2. The van der Waals surface area contributed by atoms with E-state index in [2.05, 4.69) is 5.32 Å². The highest BCUT2D eigenvalue weighted by atomic mass is 16.6. The first-order chi connectivity index (χ1) is 10.7. The maximum absolute atomic E-state index is 12.2. The van der Waals surface area contributed by atoms with Crippen molar-refractivity contribution >= 4 is 12.1 Å². The molecule has 2 unspecified atom stereocenters. The first kappa shape index (κ1) is 20.7. The fourth-order valence-corrected chi connectivity index (χ4v) is 2.94. The van der Waals surface area contributed by atoms with Crippen LogP contribution in [0.4, 0.5) is 4.79 Å². The number of ether oxygens (including phenoxy) is 2. The molecule has 1 rings (SSSR count). The first-order valence-corrected chi connectivity index (χ1v) is 8.70. The summed E-state index contributed by atoms with van der Waals surface area (Å²) in [6, 6.07) is 0.0688. The van der Waals surface area contributed by atoms with Crippen molar-refractivity contribution in [2.75, 3.05) is 0 Å². The number of carbonyl (C=O) groups is 2. The fraction of sp³-hybridized carbons (Fsp3) is 0.889. The highest BCUT2D eigenvalue weighted by Crippen LogP contribution is 2.32. The Morgan fingerprint density at radius 1 is 1.00 bits per heavy atom. The third-order valence-corrected chi connectivity index (χ3v) is 3.84. The molecule has 0 spiro atoms. The summed E-state index contributed by atoms with van der Waals surface area (Å²) in [4.78, 5) is 24.1. The maximum Gasteiger partial charge on any atom is 0.407 e. The Bertz CT molecular complexity index is 461. The van der Waals surface area contributed by atoms with E-state index in [9.17, 15) is 9.59 Å². The summed E-state index contributed by atoms with van der Waals surface area (Å²) in [5.41, 5.74) is 4.12. The molecular weight excluding hydrogens is 308 g/mol. The van der Waals surface area contributed by atoms with E-state index in [0.29, 0.717) is 6.42 Å². The predicted molar refractivity (Wildman–Crippen MR) is 93.6 cm³/mol. The molecule has 0 saturated heterocycles. The van der Waals surface area contributed by atoms with Gasteiger partial charge < -0.3 is 20.5 Å². The number of esters is 1. The molecule has 1 fully saturated rings. The van der Waals surface area contributed by atoms with E-state index in [-0.39, 0.29) is 17.9 Å². The molecule has 0 aromatic heterocycles. The minimum atomic E-state index is -1.02. The van der Waals surface area contributed by atoms with Crippen molar-refractivity contribution in [3.8, 4) is 0 Å². The third-order valence-electron chi connectivity index (χ3n) is 3.84. The Morgan fingerprint density at radius 3 is 2.04 bits per heavy atom. The van der Waals surface area contributed by atoms with Crippen LogP contribution in [0, 0.1) is 5.92 Å². The Hall–Kier alpha value is -1.30. The third kappa shape index (κ3) is 7.51. The lowest BCUT2D eigenvalue weighted by atomic mass is 9.88. The van der Waals surface area contributed by atoms with E-state index >= 15 is 0 Å². The van der Waals surface area contributed by atoms with E-state index in [4.69, 9.17) is 15.2 Å². The van der Waals surface area contributed by atoms with Crippen LogP contribution in [-0.4, -0.2) is 34.8 Å². The molecule has 1 aliphatic carbocycles. The first-order valence-electron chi connectivity index (χ1n) is 8.70. The van der Waals surface area contributed by atoms with Gasteiger partial charge in [-0.1, -0.05) is 0 Å². The van der Waals surface area contributed by atoms with Gasteiger partial charge in [-0.3, -0.25) is 4.79 Å². The molecule has 24 heavy (non-hydrogen) atoms. The zero-order valence-corrected chi connectivity index (χ0v) is 16.2. The van der Waals surface area contributed by atoms with Gasteiger partial charge in [0.25, 0.3) is 0 Å². The highest BCUT2D eigenvalue weighted by molar-refractivity contribution is 5.80. The number of amides is 1. The van der Waals surface area contributed by atoms with Gasteiger partial charge in [0.15, 0.2) is 0 Å². The summed E-state index contributed by atoms with van der Waals surface area (Å²) in [6.45, 7) is 12.7. The molecule has 0 bridgehead atoms. The Morgan fingerprint density at radius 2 is 1.54 bits per heavy atom. The zero-order valence-electron chi connectivity index (χ0n) is 16.2. The van der Waals surface area contributed by atoms with Crippen LogP contribution in [0.25, 0.3) is 0 Å². The lowest BCUT2D eigenvalue weighted by molar-refractivity contribution is -0.161. The van der Waals surface area contributed by atoms with E-state index in [1.807, 2.05) is 41.5 Å². The number of hydrogen-bond acceptors (Lipinski definition) is 5. The number of nitrogens with two attached hydrogens (primary N) is 1. The van der Waals surface area contributed by atoms with Crippen molar-refractivity contribution in [2.24, 2.45) is 11.7 Å². The normalized spacial score (nSPS) is 24.2. The molecule has 0 aliphatic heterocycles. The molecule has 0 aromatic carbocycles. The zero-order chi connectivity index (χ0) is 18.8. The molecule has 140 valence electrons. The Kier molecular flexibility index (Phi) is 6.31. The average Bonchev–Trinajstić information content (AvgIpc) is 2.70. The van der Waals surface area contributed by atoms with Gasteiger partial charge in [-0.15, -0.1) is 0 Å². The average molecular weight is 342 g/mol. The number of hydrogen-bond donors (Lipinski definition) is 2. The lowest BCUT2D eigenvalue weighted by Gasteiger charge is -2.30. The molecule has 0 heterocycles. The van der Waals surface area contributed by atoms with Crippen LogP contribution >= 0.6 is 0 Å². The van der Waals surface area contributed by atoms with Crippen molar-refractivity contribution in [3.63, 3.8) is 0 Å². The van der Waals surface area contributed by atoms with Gasteiger partial charge >= 0.3 is 12.1 Å². The smallest absolute Gasteiger partial charge is 0.407 e. The number of alkyl carbamates (subject to hydrolysis) is 1. The van der Waals surface area contributed by atoms with Crippen LogP contribution < -0.4 is 11.1 Å². The van der Waals surface area contributed by atoms with E-state index in [0.717, 1.165) is 19.3 Å². The quantitative estimate of drug-likeness (QED) is 0.766. The van der Waals surface area contributed by atoms with Crippen molar-refractivity contribution in [3.05, 3.63) is 0 Å². The summed E-state index contributed by atoms with van der Waals surface area (Å²) in [7, 11) is 0. The van der Waals surface area contributed by atoms with Crippen LogP contribution in [0.15, 0.2) is 0 Å². The van der Waals surface area contributed by atoms with E-state index in [1.165, 1.54) is 0 Å². The molecular formula is C18H34N2O4. The summed E-state index contributed by atoms with van der Waals surface area (Å²) < 4.78 is 10.7. The van der Waals surface area contributed by atoms with Gasteiger partial charge in [0.1, 0.15) is 16.7 Å². The minimum absolute atomic E-state index is 0.0688. The monoisotopic (exact) mass is 342 g/mol. The summed E-state index contributed by atoms with van der Waals surface area (Å²) >= 11 is 0. The van der Waals surface area contributed by atoms with Gasteiger partial charge in [0.05, 0.1) is 0 Å². The molecule has 0 radical (unpaired) electrons. The molecule has 6 nitrogen and oxygen atoms in total. The molecule has 0 aromatic rings. The molecule has 3 N–H and O–H groups in total. The number of nitrogens with one attached hydrogen (secondary N) is 1. The van der Waals surface area contributed by atoms with Crippen LogP contribution in [0.5, 0.6) is 0 Å². The molecule has 3 atom stereocenters. The summed E-state index contributed by atoms with van der Waals surface area (Å²) in [6.07, 6.45) is 2.75. The Labute approximate surface area is 145 Å². The number of carbonyl (C=O) groups excluding carboxylic acids is 2. The van der Waals surface area contributed by atoms with Gasteiger partial charge in [0, 0.05) is 6.04 Å². The lowest BCUT2D eigenvalue weighted by Crippen LogP contribution is -2.49. The second-order valence-corrected chi connectivity index (χ2v) is 9.15. The fourth-order valence-electron chi connectivity index (χ4n) is 2.94. The SMILES string of the molecule is CC(C)(C)OC(=O)NC1CC[C@@H](CC(C)(N)C(=O)OC(C)(C)C)C1. The highest BCUT2D eigenvalue weighted by Gasteiger charge is 2.38. The van der Waals surface area contributed by atoms with Crippen LogP contribution in [0.3, 0.4) is 0 Å². The molecule has 1 saturated carbocycles. The standard InChI is InChI=1S/C18H34N2O4/c1-16(2,3)23-14(21)18(7,19)11-12-8-9-13(10-12)20-15(22)24-17(4,5)6/h12-13H,8-11,19H2,1-7H3,(H,20,22)/t12-,13?,18?/m1/s1. The molecule has 1 aliphatic rings. The van der Waals surface area contributed by atoms with Crippen molar-refractivity contribution in [1.29, 1.82) is 0 Å². The van der Waals surface area contributed by atoms with Crippen LogP contribution in [-0.2, 0) is 14.3 Å². The summed E-state index contributed by atoms with van der Waals surface area (Å²) in [5, 5.41) is 2.90. The second kappa shape index (κ2) is 7.30. The summed E-state index contributed by atoms with van der Waals surface area (Å²) in [5.74, 6) is -0.0917. The van der Waals surface area contributed by atoms with Crippen LogP contribution in [0.1, 0.15) is 74.1 Å². The number of rotatable bonds is 4. The van der Waals surface area contributed by atoms with Gasteiger partial charge in [-0.05, 0) is 80.1 Å². The van der Waals surface area contributed by atoms with Gasteiger partial charge in [-0.25, -0.2) is 4.79 Å². The van der Waals surface area contributed by atoms with Crippen molar-refractivity contribution < 1.29 is 19.1 Å². The van der Waals surface area contributed by atoms with E-state index < -0.39 is 22.8 Å². The van der Waals surface area contributed by atoms with Crippen molar-refractivity contribution in [2.45, 2.75) is 96.9 Å². The minimum Gasteiger partial charge on any atom is -0.459 e. The molecule has 1 amide bonds. The Balaban J connectivity index is 2.49. The topological polar surface area (TPSA) is 90.6 Å².